The largest absolute Gasteiger partial charge is 0.482 e. The summed E-state index contributed by atoms with van der Waals surface area (Å²) in [5.74, 6) is -0.632. The van der Waals surface area contributed by atoms with Crippen molar-refractivity contribution in [3.63, 3.8) is 0 Å². The van der Waals surface area contributed by atoms with Crippen LogP contribution in [0.5, 0.6) is 5.75 Å². The number of thiophene rings is 1. The summed E-state index contributed by atoms with van der Waals surface area (Å²) < 4.78 is 5.31. The lowest BCUT2D eigenvalue weighted by atomic mass is 9.84. The van der Waals surface area contributed by atoms with E-state index in [9.17, 15) is 9.59 Å². The quantitative estimate of drug-likeness (QED) is 0.909. The molecule has 1 aliphatic rings. The molecule has 1 heterocycles. The molecule has 1 unspecified atom stereocenters. The van der Waals surface area contributed by atoms with Crippen molar-refractivity contribution in [3.05, 3.63) is 50.2 Å². The molecule has 6 heteroatoms. The van der Waals surface area contributed by atoms with Crippen molar-refractivity contribution in [2.75, 3.05) is 6.61 Å². The number of hydrogen-bond donors (Lipinski definition) is 1. The van der Waals surface area contributed by atoms with Gasteiger partial charge in [-0.3, -0.25) is 4.79 Å². The average molecular weight is 351 g/mol. The fourth-order valence-corrected chi connectivity index (χ4v) is 4.16. The van der Waals surface area contributed by atoms with Crippen molar-refractivity contribution < 1.29 is 19.4 Å². The molecule has 0 bridgehead atoms. The first-order valence-electron chi connectivity index (χ1n) is 7.10. The molecule has 0 aliphatic heterocycles. The molecule has 1 N–H and O–H groups in total. The first-order valence-corrected chi connectivity index (χ1v) is 8.35. The second kappa shape index (κ2) is 5.65. The Labute approximate surface area is 142 Å². The molecule has 4 nitrogen and oxygen atoms in total. The molecular formula is C17H15ClO4S. The summed E-state index contributed by atoms with van der Waals surface area (Å²) in [6.07, 6.45) is 0.533. The minimum Gasteiger partial charge on any atom is -0.482 e. The smallest absolute Gasteiger partial charge is 0.341 e. The average Bonchev–Trinajstić information content (AvgIpc) is 3.10. The van der Waals surface area contributed by atoms with E-state index in [1.165, 1.54) is 0 Å². The summed E-state index contributed by atoms with van der Waals surface area (Å²) >= 11 is 7.95. The van der Waals surface area contributed by atoms with Crippen LogP contribution in [0.4, 0.5) is 0 Å². The van der Waals surface area contributed by atoms with Crippen LogP contribution in [0.3, 0.4) is 0 Å². The van der Waals surface area contributed by atoms with Crippen LogP contribution >= 0.6 is 22.9 Å². The molecular weight excluding hydrogens is 336 g/mol. The summed E-state index contributed by atoms with van der Waals surface area (Å²) in [5, 5.41) is 11.1. The Bertz CT molecular complexity index is 797. The third kappa shape index (κ3) is 2.54. The summed E-state index contributed by atoms with van der Waals surface area (Å²) in [7, 11) is 0. The molecule has 0 radical (unpaired) electrons. The van der Waals surface area contributed by atoms with Gasteiger partial charge in [0.2, 0.25) is 0 Å². The molecule has 120 valence electrons. The van der Waals surface area contributed by atoms with Crippen LogP contribution < -0.4 is 4.74 Å². The van der Waals surface area contributed by atoms with E-state index in [0.717, 1.165) is 10.4 Å². The molecule has 1 aliphatic carbocycles. The van der Waals surface area contributed by atoms with Gasteiger partial charge < -0.3 is 9.84 Å². The zero-order chi connectivity index (χ0) is 16.8. The number of ether oxygens (including phenoxy) is 1. The Morgan fingerprint density at radius 1 is 1.52 bits per heavy atom. The number of carbonyl (C=O) groups is 2. The first-order chi connectivity index (χ1) is 10.8. The van der Waals surface area contributed by atoms with Crippen molar-refractivity contribution in [2.45, 2.75) is 25.7 Å². The first kappa shape index (κ1) is 16.0. The molecule has 0 saturated carbocycles. The highest BCUT2D eigenvalue weighted by Crippen LogP contribution is 2.46. The third-order valence-electron chi connectivity index (χ3n) is 4.23. The molecule has 1 aromatic carbocycles. The summed E-state index contributed by atoms with van der Waals surface area (Å²) in [4.78, 5) is 24.7. The number of carboxylic acid groups (broad SMARTS) is 1. The number of benzene rings is 1. The van der Waals surface area contributed by atoms with E-state index in [1.807, 2.05) is 24.4 Å². The van der Waals surface area contributed by atoms with Gasteiger partial charge in [0.25, 0.3) is 0 Å². The van der Waals surface area contributed by atoms with E-state index in [4.69, 9.17) is 21.4 Å². The number of aliphatic carboxylic acids is 1. The SMILES string of the molecule is Cc1c(OCC(=O)O)cc2c(c1Cl)C(=O)C(C)(c1cccs1)C2. The molecule has 0 fully saturated rings. The lowest BCUT2D eigenvalue weighted by Crippen LogP contribution is -2.28. The highest BCUT2D eigenvalue weighted by atomic mass is 35.5. The zero-order valence-electron chi connectivity index (χ0n) is 12.7. The van der Waals surface area contributed by atoms with Crippen molar-refractivity contribution in [3.8, 4) is 5.75 Å². The number of ketones is 1. The molecule has 1 aromatic heterocycles. The van der Waals surface area contributed by atoms with E-state index in [0.29, 0.717) is 28.3 Å². The molecule has 2 aromatic rings. The van der Waals surface area contributed by atoms with Crippen molar-refractivity contribution in [1.82, 2.24) is 0 Å². The lowest BCUT2D eigenvalue weighted by molar-refractivity contribution is -0.139. The van der Waals surface area contributed by atoms with Gasteiger partial charge >= 0.3 is 5.97 Å². The Hall–Kier alpha value is -1.85. The van der Waals surface area contributed by atoms with Gasteiger partial charge in [-0.15, -0.1) is 11.3 Å². The highest BCUT2D eigenvalue weighted by Gasteiger charge is 2.45. The van der Waals surface area contributed by atoms with Crippen LogP contribution in [-0.2, 0) is 16.6 Å². The minimum absolute atomic E-state index is 0.00725. The number of rotatable bonds is 4. The number of Topliss-reactive ketones (excluding diaryl/α,β-unsaturated/α-hetero) is 1. The van der Waals surface area contributed by atoms with E-state index >= 15 is 0 Å². The topological polar surface area (TPSA) is 63.6 Å². The Balaban J connectivity index is 2.05. The Morgan fingerprint density at radius 3 is 2.87 bits per heavy atom. The number of carbonyl (C=O) groups excluding carboxylic acids is 1. The van der Waals surface area contributed by atoms with E-state index in [1.54, 1.807) is 24.3 Å². The standard InChI is InChI=1S/C17H15ClO4S/c1-9-11(22-8-13(19)20)6-10-7-17(2,12-4-3-5-23-12)16(21)14(10)15(9)18/h3-6H,7-8H2,1-2H3,(H,19,20). The van der Waals surface area contributed by atoms with Gasteiger partial charge in [-0.2, -0.15) is 0 Å². The van der Waals surface area contributed by atoms with Gasteiger partial charge in [-0.1, -0.05) is 17.7 Å². The van der Waals surface area contributed by atoms with Gasteiger partial charge in [-0.25, -0.2) is 4.79 Å². The number of hydrogen-bond acceptors (Lipinski definition) is 4. The number of fused-ring (bicyclic) bond motifs is 1. The monoisotopic (exact) mass is 350 g/mol. The van der Waals surface area contributed by atoms with Crippen molar-refractivity contribution in [1.29, 1.82) is 0 Å². The highest BCUT2D eigenvalue weighted by molar-refractivity contribution is 7.10. The molecule has 0 saturated heterocycles. The molecule has 1 atom stereocenters. The zero-order valence-corrected chi connectivity index (χ0v) is 14.3. The normalized spacial score (nSPS) is 19.7. The van der Waals surface area contributed by atoms with Gasteiger partial charge in [-0.05, 0) is 43.3 Å². The molecule has 3 rings (SSSR count). The van der Waals surface area contributed by atoms with Gasteiger partial charge in [0.15, 0.2) is 12.4 Å². The van der Waals surface area contributed by atoms with Crippen molar-refractivity contribution >= 4 is 34.7 Å². The summed E-state index contributed by atoms with van der Waals surface area (Å²) in [5.41, 5.74) is 1.30. The molecule has 0 amide bonds. The maximum absolute atomic E-state index is 13.0. The molecule has 23 heavy (non-hydrogen) atoms. The predicted octanol–water partition coefficient (Wildman–Crippen LogP) is 3.87. The summed E-state index contributed by atoms with van der Waals surface area (Å²) in [6, 6.07) is 5.63. The third-order valence-corrected chi connectivity index (χ3v) is 5.84. The number of halogens is 1. The maximum Gasteiger partial charge on any atom is 0.341 e. The van der Waals surface area contributed by atoms with Crippen LogP contribution in [0, 0.1) is 6.92 Å². The minimum atomic E-state index is -1.06. The second-order valence-corrected chi connectivity index (χ2v) is 7.17. The van der Waals surface area contributed by atoms with Gasteiger partial charge in [0.1, 0.15) is 5.75 Å². The Kier molecular flexibility index (Phi) is 3.94. The Morgan fingerprint density at radius 2 is 2.26 bits per heavy atom. The second-order valence-electron chi connectivity index (χ2n) is 5.85. The van der Waals surface area contributed by atoms with E-state index in [2.05, 4.69) is 0 Å². The van der Waals surface area contributed by atoms with Crippen LogP contribution in [0.25, 0.3) is 0 Å². The van der Waals surface area contributed by atoms with Gasteiger partial charge in [0, 0.05) is 16.0 Å². The fourth-order valence-electron chi connectivity index (χ4n) is 2.98. The predicted molar refractivity (Wildman–Crippen MR) is 89.0 cm³/mol. The maximum atomic E-state index is 13.0. The van der Waals surface area contributed by atoms with Crippen LogP contribution in [0.15, 0.2) is 23.6 Å². The van der Waals surface area contributed by atoms with Crippen LogP contribution in [-0.4, -0.2) is 23.5 Å². The van der Waals surface area contributed by atoms with Crippen molar-refractivity contribution in [2.24, 2.45) is 0 Å². The van der Waals surface area contributed by atoms with E-state index in [-0.39, 0.29) is 5.78 Å². The van der Waals surface area contributed by atoms with E-state index < -0.39 is 18.0 Å². The van der Waals surface area contributed by atoms with Gasteiger partial charge in [0.05, 0.1) is 10.4 Å². The molecule has 0 spiro atoms. The van der Waals surface area contributed by atoms with Crippen LogP contribution in [0.2, 0.25) is 5.02 Å². The lowest BCUT2D eigenvalue weighted by Gasteiger charge is -2.19. The fraction of sp³-hybridized carbons (Fsp3) is 0.294. The van der Waals surface area contributed by atoms with Crippen LogP contribution in [0.1, 0.15) is 33.3 Å². The number of carboxylic acids is 1. The summed E-state index contributed by atoms with van der Waals surface area (Å²) in [6.45, 7) is 3.21.